The summed E-state index contributed by atoms with van der Waals surface area (Å²) in [6, 6.07) is 17.5. The van der Waals surface area contributed by atoms with E-state index < -0.39 is 0 Å². The first kappa shape index (κ1) is 13.0. The smallest absolute Gasteiger partial charge is 0.210 e. The summed E-state index contributed by atoms with van der Waals surface area (Å²) in [6.45, 7) is 1.49. The number of ketones is 1. The predicted octanol–water partition coefficient (Wildman–Crippen LogP) is 3.31. The number of Topliss-reactive ketones (excluding diaryl/α,β-unsaturated/α-hetero) is 1. The van der Waals surface area contributed by atoms with Crippen molar-refractivity contribution in [2.45, 2.75) is 13.3 Å². The number of carbonyl (C=O) groups is 1. The van der Waals surface area contributed by atoms with Gasteiger partial charge in [-0.15, -0.1) is 0 Å². The van der Waals surface area contributed by atoms with Gasteiger partial charge >= 0.3 is 0 Å². The Balaban J connectivity index is 2.13. The minimum atomic E-state index is -0.256. The highest BCUT2D eigenvalue weighted by atomic mass is 16.4. The van der Waals surface area contributed by atoms with Crippen molar-refractivity contribution in [1.82, 2.24) is 0 Å². The van der Waals surface area contributed by atoms with Crippen LogP contribution in [-0.2, 0) is 6.42 Å². The van der Waals surface area contributed by atoms with Crippen LogP contribution in [0, 0.1) is 0 Å². The molecular weight excluding hydrogens is 238 g/mol. The molecule has 2 aromatic carbocycles. The molecule has 2 rings (SSSR count). The van der Waals surface area contributed by atoms with Crippen molar-refractivity contribution >= 4 is 11.5 Å². The van der Waals surface area contributed by atoms with Gasteiger partial charge in [-0.2, -0.15) is 0 Å². The molecule has 0 aliphatic rings. The lowest BCUT2D eigenvalue weighted by Gasteiger charge is -2.03. The lowest BCUT2D eigenvalue weighted by Crippen LogP contribution is -2.10. The molecule has 2 aromatic rings. The van der Waals surface area contributed by atoms with Crippen molar-refractivity contribution in [3.63, 3.8) is 0 Å². The van der Waals surface area contributed by atoms with Crippen LogP contribution in [-0.4, -0.2) is 16.7 Å². The third-order valence-corrected chi connectivity index (χ3v) is 2.95. The molecule has 0 spiro atoms. The first-order chi connectivity index (χ1) is 9.20. The van der Waals surface area contributed by atoms with Crippen molar-refractivity contribution in [2.75, 3.05) is 0 Å². The molecule has 0 amide bonds. The maximum Gasteiger partial charge on any atom is 0.210 e. The van der Waals surface area contributed by atoms with E-state index in [2.05, 4.69) is 17.3 Å². The van der Waals surface area contributed by atoms with Crippen LogP contribution >= 0.6 is 0 Å². The van der Waals surface area contributed by atoms with Crippen LogP contribution in [0.15, 0.2) is 59.8 Å². The molecular formula is C16H15NO2. The Morgan fingerprint density at radius 2 is 1.58 bits per heavy atom. The number of rotatable bonds is 4. The van der Waals surface area contributed by atoms with Crippen LogP contribution < -0.4 is 0 Å². The molecule has 0 bridgehead atoms. The Labute approximate surface area is 112 Å². The molecule has 0 saturated heterocycles. The average molecular weight is 253 g/mol. The summed E-state index contributed by atoms with van der Waals surface area (Å²) < 4.78 is 0. The van der Waals surface area contributed by atoms with E-state index in [0.29, 0.717) is 5.56 Å². The molecule has 0 aromatic heterocycles. The summed E-state index contributed by atoms with van der Waals surface area (Å²) in [7, 11) is 0. The third-order valence-electron chi connectivity index (χ3n) is 2.95. The van der Waals surface area contributed by atoms with Gasteiger partial charge in [0.05, 0.1) is 0 Å². The summed E-state index contributed by atoms with van der Waals surface area (Å²) in [5.41, 5.74) is 3.00. The van der Waals surface area contributed by atoms with Crippen molar-refractivity contribution in [3.05, 3.63) is 71.3 Å². The second-order valence-electron chi connectivity index (χ2n) is 4.37. The largest absolute Gasteiger partial charge is 0.411 e. The molecule has 0 heterocycles. The van der Waals surface area contributed by atoms with E-state index in [4.69, 9.17) is 5.21 Å². The number of hydrogen-bond acceptors (Lipinski definition) is 3. The Morgan fingerprint density at radius 1 is 1.00 bits per heavy atom. The van der Waals surface area contributed by atoms with Crippen LogP contribution in [0.3, 0.4) is 0 Å². The van der Waals surface area contributed by atoms with E-state index in [0.717, 1.165) is 12.0 Å². The number of benzene rings is 2. The Kier molecular flexibility index (Phi) is 4.08. The molecule has 96 valence electrons. The molecule has 0 radical (unpaired) electrons. The van der Waals surface area contributed by atoms with Gasteiger partial charge in [-0.1, -0.05) is 59.8 Å². The zero-order valence-electron chi connectivity index (χ0n) is 10.7. The van der Waals surface area contributed by atoms with Crippen LogP contribution in [0.5, 0.6) is 0 Å². The minimum absolute atomic E-state index is 0.0933. The molecule has 0 aliphatic carbocycles. The van der Waals surface area contributed by atoms with E-state index in [1.807, 2.05) is 30.3 Å². The molecule has 0 aliphatic heterocycles. The summed E-state index contributed by atoms with van der Waals surface area (Å²) >= 11 is 0. The van der Waals surface area contributed by atoms with Gasteiger partial charge in [-0.3, -0.25) is 4.79 Å². The van der Waals surface area contributed by atoms with Crippen molar-refractivity contribution < 1.29 is 10.0 Å². The first-order valence-corrected chi connectivity index (χ1v) is 6.07. The highest BCUT2D eigenvalue weighted by Gasteiger charge is 2.09. The normalized spacial score (nSPS) is 11.3. The summed E-state index contributed by atoms with van der Waals surface area (Å²) in [5.74, 6) is -0.256. The summed E-state index contributed by atoms with van der Waals surface area (Å²) in [6.07, 6.45) is 0.836. The van der Waals surface area contributed by atoms with Gasteiger partial charge in [0.2, 0.25) is 5.78 Å². The van der Waals surface area contributed by atoms with E-state index >= 15 is 0 Å². The van der Waals surface area contributed by atoms with Gasteiger partial charge in [0.1, 0.15) is 5.71 Å². The highest BCUT2D eigenvalue weighted by molar-refractivity contribution is 6.45. The van der Waals surface area contributed by atoms with Gasteiger partial charge < -0.3 is 5.21 Å². The molecule has 3 nitrogen and oxygen atoms in total. The molecule has 0 fully saturated rings. The quantitative estimate of drug-likeness (QED) is 0.393. The van der Waals surface area contributed by atoms with Gasteiger partial charge in [0, 0.05) is 5.56 Å². The predicted molar refractivity (Wildman–Crippen MR) is 74.9 cm³/mol. The lowest BCUT2D eigenvalue weighted by atomic mass is 10.0. The molecule has 0 unspecified atom stereocenters. The van der Waals surface area contributed by atoms with Crippen molar-refractivity contribution in [2.24, 2.45) is 5.16 Å². The lowest BCUT2D eigenvalue weighted by molar-refractivity contribution is 0.106. The first-order valence-electron chi connectivity index (χ1n) is 6.07. The standard InChI is InChI=1S/C16H15NO2/c1-12(17-19)16(18)15-9-7-14(8-10-15)11-13-5-3-2-4-6-13/h2-10,19H,11H2,1H3. The van der Waals surface area contributed by atoms with E-state index in [1.54, 1.807) is 12.1 Å². The third kappa shape index (κ3) is 3.28. The van der Waals surface area contributed by atoms with E-state index in [1.165, 1.54) is 12.5 Å². The van der Waals surface area contributed by atoms with E-state index in [-0.39, 0.29) is 11.5 Å². The molecule has 0 saturated carbocycles. The fraction of sp³-hybridized carbons (Fsp3) is 0.125. The Bertz CT molecular complexity index is 586. The Hall–Kier alpha value is -2.42. The van der Waals surface area contributed by atoms with Crippen LogP contribution in [0.2, 0.25) is 0 Å². The Morgan fingerprint density at radius 3 is 2.16 bits per heavy atom. The highest BCUT2D eigenvalue weighted by Crippen LogP contribution is 2.11. The second kappa shape index (κ2) is 5.96. The van der Waals surface area contributed by atoms with Crippen LogP contribution in [0.4, 0.5) is 0 Å². The number of oxime groups is 1. The molecule has 0 atom stereocenters. The van der Waals surface area contributed by atoms with Gasteiger partial charge in [0.25, 0.3) is 0 Å². The van der Waals surface area contributed by atoms with E-state index in [9.17, 15) is 4.79 Å². The van der Waals surface area contributed by atoms with Crippen LogP contribution in [0.25, 0.3) is 0 Å². The number of hydrogen-bond donors (Lipinski definition) is 1. The average Bonchev–Trinajstić information content (AvgIpc) is 2.47. The monoisotopic (exact) mass is 253 g/mol. The number of nitrogens with zero attached hydrogens (tertiary/aromatic N) is 1. The topological polar surface area (TPSA) is 49.7 Å². The van der Waals surface area contributed by atoms with Crippen LogP contribution in [0.1, 0.15) is 28.4 Å². The maximum atomic E-state index is 11.8. The summed E-state index contributed by atoms with van der Waals surface area (Å²) in [5, 5.41) is 11.5. The summed E-state index contributed by atoms with van der Waals surface area (Å²) in [4.78, 5) is 11.8. The number of carbonyl (C=O) groups excluding carboxylic acids is 1. The van der Waals surface area contributed by atoms with Crippen molar-refractivity contribution in [1.29, 1.82) is 0 Å². The zero-order chi connectivity index (χ0) is 13.7. The zero-order valence-corrected chi connectivity index (χ0v) is 10.7. The molecule has 1 N–H and O–H groups in total. The van der Waals surface area contributed by atoms with Gasteiger partial charge in [-0.05, 0) is 24.5 Å². The fourth-order valence-electron chi connectivity index (χ4n) is 1.86. The fourth-order valence-corrected chi connectivity index (χ4v) is 1.86. The maximum absolute atomic E-state index is 11.8. The molecule has 19 heavy (non-hydrogen) atoms. The van der Waals surface area contributed by atoms with Crippen molar-refractivity contribution in [3.8, 4) is 0 Å². The second-order valence-corrected chi connectivity index (χ2v) is 4.37. The molecule has 3 heteroatoms. The SMILES string of the molecule is CC(=NO)C(=O)c1ccc(Cc2ccccc2)cc1. The van der Waals surface area contributed by atoms with Gasteiger partial charge in [-0.25, -0.2) is 0 Å². The minimum Gasteiger partial charge on any atom is -0.411 e. The van der Waals surface area contributed by atoms with Gasteiger partial charge in [0.15, 0.2) is 0 Å².